The van der Waals surface area contributed by atoms with Crippen LogP contribution in [0.3, 0.4) is 0 Å². The summed E-state index contributed by atoms with van der Waals surface area (Å²) in [5.41, 5.74) is 0.678. The quantitative estimate of drug-likeness (QED) is 0.809. The number of halogens is 1. The lowest BCUT2D eigenvalue weighted by Gasteiger charge is -2.30. The van der Waals surface area contributed by atoms with Gasteiger partial charge in [0, 0.05) is 19.0 Å². The molecule has 2 rings (SSSR count). The zero-order chi connectivity index (χ0) is 16.8. The molecule has 1 N–H and O–H groups in total. The third-order valence-corrected chi connectivity index (χ3v) is 4.13. The highest BCUT2D eigenvalue weighted by Gasteiger charge is 2.28. The number of aromatic nitrogens is 1. The first-order chi connectivity index (χ1) is 11.0. The molecule has 0 spiro atoms. The van der Waals surface area contributed by atoms with Crippen molar-refractivity contribution in [2.75, 3.05) is 25.0 Å². The Morgan fingerprint density at radius 1 is 1.39 bits per heavy atom. The number of carbonyl (C=O) groups is 2. The number of nitrogens with zero attached hydrogens (tertiary/aromatic N) is 2. The molecule has 0 aromatic carbocycles. The average Bonchev–Trinajstić information content (AvgIpc) is 2.55. The van der Waals surface area contributed by atoms with E-state index in [0.717, 1.165) is 4.60 Å². The van der Waals surface area contributed by atoms with E-state index < -0.39 is 0 Å². The fraction of sp³-hybridized carbons (Fsp3) is 0.562. The number of rotatable bonds is 4. The summed E-state index contributed by atoms with van der Waals surface area (Å²) in [7, 11) is 0. The van der Waals surface area contributed by atoms with Gasteiger partial charge in [-0.15, -0.1) is 0 Å². The minimum absolute atomic E-state index is 0.0238. The van der Waals surface area contributed by atoms with Crippen LogP contribution in [0, 0.1) is 11.8 Å². The van der Waals surface area contributed by atoms with Gasteiger partial charge in [0.2, 0.25) is 5.91 Å². The van der Waals surface area contributed by atoms with E-state index in [2.05, 4.69) is 26.2 Å². The third-order valence-electron chi connectivity index (χ3n) is 3.66. The number of ether oxygens (including phenoxy) is 1. The number of likely N-dealkylation sites (tertiary alicyclic amines) is 1. The Bertz CT molecular complexity index is 540. The van der Waals surface area contributed by atoms with Crippen LogP contribution in [0.15, 0.2) is 22.9 Å². The molecular weight excluding hydrogens is 362 g/mol. The summed E-state index contributed by atoms with van der Waals surface area (Å²) in [5, 5.41) is 2.87. The summed E-state index contributed by atoms with van der Waals surface area (Å²) in [6, 6.07) is 3.58. The highest BCUT2D eigenvalue weighted by molar-refractivity contribution is 9.10. The summed E-state index contributed by atoms with van der Waals surface area (Å²) in [6.45, 7) is 5.53. The molecule has 1 saturated heterocycles. The molecule has 1 aliphatic rings. The number of pyridine rings is 1. The van der Waals surface area contributed by atoms with E-state index in [0.29, 0.717) is 44.1 Å². The molecule has 0 bridgehead atoms. The van der Waals surface area contributed by atoms with Crippen molar-refractivity contribution < 1.29 is 14.3 Å². The van der Waals surface area contributed by atoms with Crippen LogP contribution < -0.4 is 5.32 Å². The zero-order valence-corrected chi connectivity index (χ0v) is 15.0. The highest BCUT2D eigenvalue weighted by atomic mass is 79.9. The van der Waals surface area contributed by atoms with Crippen LogP contribution in [0.1, 0.15) is 26.7 Å². The summed E-state index contributed by atoms with van der Waals surface area (Å²) in [5.74, 6) is 0.207. The van der Waals surface area contributed by atoms with Gasteiger partial charge in [-0.3, -0.25) is 4.79 Å². The van der Waals surface area contributed by atoms with Crippen LogP contribution in [0.5, 0.6) is 0 Å². The van der Waals surface area contributed by atoms with E-state index in [1.54, 1.807) is 23.2 Å². The monoisotopic (exact) mass is 383 g/mol. The topological polar surface area (TPSA) is 71.5 Å². The smallest absolute Gasteiger partial charge is 0.409 e. The fourth-order valence-electron chi connectivity index (χ4n) is 2.35. The maximum Gasteiger partial charge on any atom is 0.409 e. The molecule has 6 nitrogen and oxygen atoms in total. The summed E-state index contributed by atoms with van der Waals surface area (Å²) >= 11 is 3.26. The molecule has 0 unspecified atom stereocenters. The Morgan fingerprint density at radius 3 is 2.65 bits per heavy atom. The molecule has 23 heavy (non-hydrogen) atoms. The summed E-state index contributed by atoms with van der Waals surface area (Å²) in [4.78, 5) is 29.9. The Kier molecular flexibility index (Phi) is 6.38. The molecule has 0 atom stereocenters. The highest BCUT2D eigenvalue weighted by Crippen LogP contribution is 2.20. The minimum Gasteiger partial charge on any atom is -0.449 e. The van der Waals surface area contributed by atoms with Crippen molar-refractivity contribution >= 4 is 33.6 Å². The normalized spacial score (nSPS) is 15.6. The Morgan fingerprint density at radius 2 is 2.09 bits per heavy atom. The Balaban J connectivity index is 1.78. The van der Waals surface area contributed by atoms with Gasteiger partial charge in [0.05, 0.1) is 18.5 Å². The maximum absolute atomic E-state index is 12.3. The van der Waals surface area contributed by atoms with Crippen LogP contribution in [0.2, 0.25) is 0 Å². The Hall–Kier alpha value is -1.63. The van der Waals surface area contributed by atoms with Gasteiger partial charge in [0.15, 0.2) is 0 Å². The van der Waals surface area contributed by atoms with Crippen molar-refractivity contribution in [2.45, 2.75) is 26.7 Å². The molecule has 0 aliphatic carbocycles. The largest absolute Gasteiger partial charge is 0.449 e. The van der Waals surface area contributed by atoms with Crippen molar-refractivity contribution in [2.24, 2.45) is 11.8 Å². The third kappa shape index (κ3) is 5.49. The van der Waals surface area contributed by atoms with Crippen molar-refractivity contribution in [3.8, 4) is 0 Å². The second-order valence-corrected chi connectivity index (χ2v) is 6.90. The fourth-order valence-corrected chi connectivity index (χ4v) is 2.58. The predicted molar refractivity (Wildman–Crippen MR) is 91.0 cm³/mol. The second kappa shape index (κ2) is 8.29. The van der Waals surface area contributed by atoms with E-state index in [-0.39, 0.29) is 17.9 Å². The Labute approximate surface area is 144 Å². The molecule has 126 valence electrons. The van der Waals surface area contributed by atoms with Crippen molar-refractivity contribution in [3.63, 3.8) is 0 Å². The molecule has 1 aliphatic heterocycles. The van der Waals surface area contributed by atoms with Gasteiger partial charge in [0.1, 0.15) is 4.60 Å². The second-order valence-electron chi connectivity index (χ2n) is 6.09. The number of anilines is 1. The molecule has 1 fully saturated rings. The van der Waals surface area contributed by atoms with Gasteiger partial charge < -0.3 is 15.0 Å². The number of carbonyl (C=O) groups excluding carboxylic acids is 2. The van der Waals surface area contributed by atoms with E-state index in [9.17, 15) is 9.59 Å². The number of nitrogens with one attached hydrogen (secondary N) is 1. The summed E-state index contributed by atoms with van der Waals surface area (Å²) in [6.07, 6.45) is 2.62. The molecule has 2 heterocycles. The van der Waals surface area contributed by atoms with Gasteiger partial charge in [-0.1, -0.05) is 13.8 Å². The zero-order valence-electron chi connectivity index (χ0n) is 13.4. The maximum atomic E-state index is 12.3. The molecule has 0 radical (unpaired) electrons. The van der Waals surface area contributed by atoms with E-state index in [1.165, 1.54) is 0 Å². The lowest BCUT2D eigenvalue weighted by Crippen LogP contribution is -2.42. The van der Waals surface area contributed by atoms with Gasteiger partial charge >= 0.3 is 6.09 Å². The summed E-state index contributed by atoms with van der Waals surface area (Å²) < 4.78 is 5.94. The lowest BCUT2D eigenvalue weighted by atomic mass is 9.96. The lowest BCUT2D eigenvalue weighted by molar-refractivity contribution is -0.121. The first-order valence-corrected chi connectivity index (χ1v) is 8.59. The average molecular weight is 384 g/mol. The van der Waals surface area contributed by atoms with E-state index >= 15 is 0 Å². The number of hydrogen-bond acceptors (Lipinski definition) is 4. The van der Waals surface area contributed by atoms with Gasteiger partial charge in [-0.25, -0.2) is 9.78 Å². The number of piperidine rings is 1. The van der Waals surface area contributed by atoms with Gasteiger partial charge in [0.25, 0.3) is 0 Å². The van der Waals surface area contributed by atoms with Crippen molar-refractivity contribution in [3.05, 3.63) is 22.9 Å². The molecular formula is C16H22BrN3O3. The first-order valence-electron chi connectivity index (χ1n) is 7.80. The molecule has 1 aromatic rings. The SMILES string of the molecule is CC(C)COC(=O)N1CCC(C(=O)Nc2ccc(Br)nc2)CC1. The first kappa shape index (κ1) is 17.7. The predicted octanol–water partition coefficient (Wildman–Crippen LogP) is 3.29. The molecule has 1 aromatic heterocycles. The van der Waals surface area contributed by atoms with E-state index in [4.69, 9.17) is 4.74 Å². The van der Waals surface area contributed by atoms with Crippen LogP contribution in [-0.2, 0) is 9.53 Å². The van der Waals surface area contributed by atoms with Crippen molar-refractivity contribution in [1.29, 1.82) is 0 Å². The van der Waals surface area contributed by atoms with Crippen LogP contribution in [-0.4, -0.2) is 41.6 Å². The standard InChI is InChI=1S/C16H22BrN3O3/c1-11(2)10-23-16(22)20-7-5-12(6-8-20)15(21)19-13-3-4-14(17)18-9-13/h3-4,9,11-12H,5-8,10H2,1-2H3,(H,19,21). The van der Waals surface area contributed by atoms with Gasteiger partial charge in [-0.05, 0) is 46.8 Å². The van der Waals surface area contributed by atoms with Crippen LogP contribution in [0.4, 0.5) is 10.5 Å². The van der Waals surface area contributed by atoms with Crippen LogP contribution >= 0.6 is 15.9 Å². The minimum atomic E-state index is -0.283. The molecule has 0 saturated carbocycles. The molecule has 7 heteroatoms. The van der Waals surface area contributed by atoms with Crippen molar-refractivity contribution in [1.82, 2.24) is 9.88 Å². The number of hydrogen-bond donors (Lipinski definition) is 1. The number of amides is 2. The molecule has 2 amide bonds. The van der Waals surface area contributed by atoms with Gasteiger partial charge in [-0.2, -0.15) is 0 Å². The van der Waals surface area contributed by atoms with Crippen LogP contribution in [0.25, 0.3) is 0 Å². The van der Waals surface area contributed by atoms with E-state index in [1.807, 2.05) is 13.8 Å².